The Kier molecular flexibility index (Phi) is 6.78. The number of hydrazone groups is 1. The topological polar surface area (TPSA) is 174 Å². The van der Waals surface area contributed by atoms with E-state index >= 15 is 0 Å². The molecule has 14 heteroatoms. The summed E-state index contributed by atoms with van der Waals surface area (Å²) < 4.78 is 5.37. The number of nitro benzene ring substituents is 2. The SMILES string of the molecule is O=[N+]([O-])c1cccc(Nc2nc(N/N=C/c3ccccc3[N+](=O)[O-])nc(N3CCOCC3)n2)c1. The van der Waals surface area contributed by atoms with Crippen LogP contribution in [0.2, 0.25) is 0 Å². The van der Waals surface area contributed by atoms with E-state index in [1.54, 1.807) is 30.3 Å². The van der Waals surface area contributed by atoms with Crippen molar-refractivity contribution in [3.05, 3.63) is 74.3 Å². The van der Waals surface area contributed by atoms with E-state index in [0.717, 1.165) is 0 Å². The Morgan fingerprint density at radius 1 is 0.971 bits per heavy atom. The largest absolute Gasteiger partial charge is 0.378 e. The third-order valence-electron chi connectivity index (χ3n) is 4.73. The van der Waals surface area contributed by atoms with E-state index in [1.807, 2.05) is 4.90 Å². The van der Waals surface area contributed by atoms with Crippen molar-refractivity contribution in [3.8, 4) is 0 Å². The zero-order valence-corrected chi connectivity index (χ0v) is 17.7. The minimum atomic E-state index is -0.498. The molecule has 2 heterocycles. The molecule has 1 fully saturated rings. The highest BCUT2D eigenvalue weighted by atomic mass is 16.6. The molecule has 14 nitrogen and oxygen atoms in total. The maximum Gasteiger partial charge on any atom is 0.278 e. The summed E-state index contributed by atoms with van der Waals surface area (Å²) in [5.41, 5.74) is 3.22. The van der Waals surface area contributed by atoms with Gasteiger partial charge in [-0.25, -0.2) is 5.43 Å². The van der Waals surface area contributed by atoms with Gasteiger partial charge in [-0.15, -0.1) is 0 Å². The highest BCUT2D eigenvalue weighted by Gasteiger charge is 2.17. The van der Waals surface area contributed by atoms with Crippen LogP contribution in [0.4, 0.5) is 34.9 Å². The van der Waals surface area contributed by atoms with E-state index in [1.165, 1.54) is 24.4 Å². The van der Waals surface area contributed by atoms with Gasteiger partial charge in [0.1, 0.15) is 0 Å². The van der Waals surface area contributed by atoms with Gasteiger partial charge in [0.15, 0.2) is 0 Å². The zero-order valence-electron chi connectivity index (χ0n) is 17.7. The van der Waals surface area contributed by atoms with Crippen LogP contribution < -0.4 is 15.6 Å². The average molecular weight is 465 g/mol. The second-order valence-electron chi connectivity index (χ2n) is 7.00. The van der Waals surface area contributed by atoms with E-state index < -0.39 is 9.85 Å². The van der Waals surface area contributed by atoms with E-state index in [9.17, 15) is 20.2 Å². The summed E-state index contributed by atoms with van der Waals surface area (Å²) in [6.45, 7) is 2.16. The van der Waals surface area contributed by atoms with E-state index in [4.69, 9.17) is 4.74 Å². The average Bonchev–Trinajstić information content (AvgIpc) is 2.85. The summed E-state index contributed by atoms with van der Waals surface area (Å²) in [7, 11) is 0. The molecule has 0 atom stereocenters. The monoisotopic (exact) mass is 465 g/mol. The summed E-state index contributed by atoms with van der Waals surface area (Å²) in [5, 5.41) is 29.2. The maximum atomic E-state index is 11.2. The zero-order chi connectivity index (χ0) is 23.9. The number of nitro groups is 2. The summed E-state index contributed by atoms with van der Waals surface area (Å²) in [4.78, 5) is 36.2. The quantitative estimate of drug-likeness (QED) is 0.284. The summed E-state index contributed by atoms with van der Waals surface area (Å²) >= 11 is 0. The Bertz CT molecular complexity index is 1230. The van der Waals surface area contributed by atoms with Crippen molar-refractivity contribution in [1.82, 2.24) is 15.0 Å². The van der Waals surface area contributed by atoms with Gasteiger partial charge in [-0.05, 0) is 12.1 Å². The Morgan fingerprint density at radius 2 is 1.74 bits per heavy atom. The minimum absolute atomic E-state index is 0.0826. The van der Waals surface area contributed by atoms with Crippen LogP contribution >= 0.6 is 0 Å². The first kappa shape index (κ1) is 22.5. The van der Waals surface area contributed by atoms with Crippen LogP contribution in [0.25, 0.3) is 0 Å². The number of ether oxygens (including phenoxy) is 1. The van der Waals surface area contributed by atoms with Gasteiger partial charge in [0.25, 0.3) is 11.4 Å². The van der Waals surface area contributed by atoms with Crippen LogP contribution in [0.15, 0.2) is 53.6 Å². The van der Waals surface area contributed by atoms with Crippen LogP contribution in [0.3, 0.4) is 0 Å². The third-order valence-corrected chi connectivity index (χ3v) is 4.73. The number of anilines is 4. The lowest BCUT2D eigenvalue weighted by molar-refractivity contribution is -0.385. The number of rotatable bonds is 8. The first-order valence-electron chi connectivity index (χ1n) is 10.1. The van der Waals surface area contributed by atoms with Crippen molar-refractivity contribution in [3.63, 3.8) is 0 Å². The second-order valence-corrected chi connectivity index (χ2v) is 7.00. The maximum absolute atomic E-state index is 11.2. The predicted molar refractivity (Wildman–Crippen MR) is 124 cm³/mol. The number of aromatic nitrogens is 3. The first-order chi connectivity index (χ1) is 16.5. The number of hydrogen-bond donors (Lipinski definition) is 2. The van der Waals surface area contributed by atoms with Gasteiger partial charge in [-0.2, -0.15) is 20.1 Å². The Balaban J connectivity index is 1.60. The van der Waals surface area contributed by atoms with Gasteiger partial charge < -0.3 is 15.0 Å². The van der Waals surface area contributed by atoms with Crippen molar-refractivity contribution >= 4 is 41.1 Å². The van der Waals surface area contributed by atoms with E-state index in [-0.39, 0.29) is 23.3 Å². The highest BCUT2D eigenvalue weighted by Crippen LogP contribution is 2.22. The van der Waals surface area contributed by atoms with E-state index in [2.05, 4.69) is 30.8 Å². The molecule has 34 heavy (non-hydrogen) atoms. The van der Waals surface area contributed by atoms with Crippen molar-refractivity contribution in [2.75, 3.05) is 41.9 Å². The molecular formula is C20H19N9O5. The van der Waals surface area contributed by atoms with Crippen molar-refractivity contribution in [2.24, 2.45) is 5.10 Å². The number of para-hydroxylation sites is 1. The summed E-state index contributed by atoms with van der Waals surface area (Å²) in [6.07, 6.45) is 1.30. The lowest BCUT2D eigenvalue weighted by atomic mass is 10.2. The molecule has 1 aliphatic rings. The molecule has 0 bridgehead atoms. The number of non-ortho nitro benzene ring substituents is 1. The molecule has 0 saturated carbocycles. The van der Waals surface area contributed by atoms with Gasteiger partial charge in [0.05, 0.1) is 34.8 Å². The lowest BCUT2D eigenvalue weighted by Crippen LogP contribution is -2.37. The predicted octanol–water partition coefficient (Wildman–Crippen LogP) is 2.71. The Hall–Kier alpha value is -4.72. The molecule has 0 aliphatic carbocycles. The molecule has 4 rings (SSSR count). The lowest BCUT2D eigenvalue weighted by Gasteiger charge is -2.27. The number of hydrogen-bond acceptors (Lipinski definition) is 12. The fourth-order valence-electron chi connectivity index (χ4n) is 3.12. The molecule has 3 aromatic rings. The molecule has 0 unspecified atom stereocenters. The number of nitrogens with one attached hydrogen (secondary N) is 2. The number of benzene rings is 2. The van der Waals surface area contributed by atoms with Gasteiger partial charge in [-0.1, -0.05) is 18.2 Å². The molecule has 1 aliphatic heterocycles. The molecule has 0 spiro atoms. The van der Waals surface area contributed by atoms with Crippen molar-refractivity contribution < 1.29 is 14.6 Å². The summed E-state index contributed by atoms with van der Waals surface area (Å²) in [6, 6.07) is 12.1. The molecule has 2 N–H and O–H groups in total. The van der Waals surface area contributed by atoms with Crippen LogP contribution in [-0.4, -0.2) is 57.3 Å². The third kappa shape index (κ3) is 5.55. The fourth-order valence-corrected chi connectivity index (χ4v) is 3.12. The van der Waals surface area contributed by atoms with Crippen molar-refractivity contribution in [1.29, 1.82) is 0 Å². The van der Waals surface area contributed by atoms with Crippen LogP contribution in [-0.2, 0) is 4.74 Å². The van der Waals surface area contributed by atoms with Gasteiger partial charge in [0, 0.05) is 37.0 Å². The fraction of sp³-hybridized carbons (Fsp3) is 0.200. The highest BCUT2D eigenvalue weighted by molar-refractivity contribution is 5.85. The van der Waals surface area contributed by atoms with Crippen LogP contribution in [0.5, 0.6) is 0 Å². The normalized spacial score (nSPS) is 13.6. The van der Waals surface area contributed by atoms with Crippen LogP contribution in [0, 0.1) is 20.2 Å². The smallest absolute Gasteiger partial charge is 0.278 e. The molecule has 174 valence electrons. The van der Waals surface area contributed by atoms with Gasteiger partial charge >= 0.3 is 0 Å². The molecular weight excluding hydrogens is 446 g/mol. The Labute approximate surface area is 192 Å². The van der Waals surface area contributed by atoms with Gasteiger partial charge in [-0.3, -0.25) is 20.2 Å². The summed E-state index contributed by atoms with van der Waals surface area (Å²) in [5.74, 6) is 0.578. The Morgan fingerprint density at radius 3 is 2.50 bits per heavy atom. The first-order valence-corrected chi connectivity index (χ1v) is 10.1. The van der Waals surface area contributed by atoms with Gasteiger partial charge in [0.2, 0.25) is 17.8 Å². The molecule has 2 aromatic carbocycles. The van der Waals surface area contributed by atoms with E-state index in [0.29, 0.717) is 43.5 Å². The number of nitrogens with zero attached hydrogens (tertiary/aromatic N) is 7. The molecule has 0 radical (unpaired) electrons. The second kappa shape index (κ2) is 10.3. The molecule has 0 amide bonds. The van der Waals surface area contributed by atoms with Crippen LogP contribution in [0.1, 0.15) is 5.56 Å². The standard InChI is InChI=1S/C20H19N9O5/c30-28(31)16-6-3-5-15(12-16)22-18-23-19(25-20(24-18)27-8-10-34-11-9-27)26-21-13-14-4-1-2-7-17(14)29(32)33/h1-7,12-13H,8-11H2,(H2,22,23,24,25,26)/b21-13+. The molecule has 1 aromatic heterocycles. The molecule has 1 saturated heterocycles. The minimum Gasteiger partial charge on any atom is -0.378 e. The number of morpholine rings is 1. The van der Waals surface area contributed by atoms with Crippen molar-refractivity contribution in [2.45, 2.75) is 0 Å².